The van der Waals surface area contributed by atoms with Crippen molar-refractivity contribution in [3.63, 3.8) is 0 Å². The number of alkyl halides is 3. The molecule has 0 aliphatic carbocycles. The molecule has 0 bridgehead atoms. The third kappa shape index (κ3) is 5.08. The minimum Gasteiger partial charge on any atom is -0.478 e. The van der Waals surface area contributed by atoms with Gasteiger partial charge in [-0.05, 0) is 48.0 Å². The Balaban J connectivity index is 1.98. The predicted octanol–water partition coefficient (Wildman–Crippen LogP) is 6.80. The minimum absolute atomic E-state index is 0.0730. The average Bonchev–Trinajstić information content (AvgIpc) is 3.18. The third-order valence-corrected chi connectivity index (χ3v) is 5.52. The molecule has 0 unspecified atom stereocenters. The summed E-state index contributed by atoms with van der Waals surface area (Å²) in [6.45, 7) is 0. The summed E-state index contributed by atoms with van der Waals surface area (Å²) >= 11 is 7.31. The van der Waals surface area contributed by atoms with E-state index in [-0.39, 0.29) is 11.3 Å². The first-order valence-corrected chi connectivity index (χ1v) is 9.67. The van der Waals surface area contributed by atoms with E-state index in [0.29, 0.717) is 21.7 Å². The van der Waals surface area contributed by atoms with Crippen LogP contribution in [0.2, 0.25) is 5.02 Å². The van der Waals surface area contributed by atoms with Gasteiger partial charge in [0.15, 0.2) is 0 Å². The largest absolute Gasteiger partial charge is 0.478 e. The van der Waals surface area contributed by atoms with E-state index in [1.54, 1.807) is 48.5 Å². The number of para-hydroxylation sites is 1. The number of halogens is 4. The van der Waals surface area contributed by atoms with Crippen molar-refractivity contribution in [1.29, 1.82) is 5.41 Å². The lowest BCUT2D eigenvalue weighted by molar-refractivity contribution is -0.0583. The molecule has 30 heavy (non-hydrogen) atoms. The molecule has 0 saturated carbocycles. The lowest BCUT2D eigenvalue weighted by atomic mass is 10.1. The lowest BCUT2D eigenvalue weighted by Gasteiger charge is -2.13. The van der Waals surface area contributed by atoms with Crippen LogP contribution in [-0.2, 0) is 0 Å². The summed E-state index contributed by atoms with van der Waals surface area (Å²) in [7, 11) is 0. The van der Waals surface area contributed by atoms with E-state index in [0.717, 1.165) is 10.4 Å². The molecule has 4 nitrogen and oxygen atoms in total. The number of benzene rings is 2. The number of thiophene rings is 1. The van der Waals surface area contributed by atoms with E-state index < -0.39 is 17.9 Å². The Morgan fingerprint density at radius 1 is 1.07 bits per heavy atom. The van der Waals surface area contributed by atoms with Crippen molar-refractivity contribution in [2.75, 3.05) is 5.32 Å². The van der Waals surface area contributed by atoms with Gasteiger partial charge < -0.3 is 10.4 Å². The first kappa shape index (κ1) is 21.6. The maximum Gasteiger partial charge on any atom is 0.432 e. The van der Waals surface area contributed by atoms with E-state index in [1.165, 1.54) is 23.5 Å². The highest BCUT2D eigenvalue weighted by molar-refractivity contribution is 7.16. The van der Waals surface area contributed by atoms with Crippen LogP contribution < -0.4 is 5.32 Å². The maximum absolute atomic E-state index is 12.9. The normalized spacial score (nSPS) is 11.9. The van der Waals surface area contributed by atoms with E-state index >= 15 is 0 Å². The molecule has 0 aliphatic heterocycles. The van der Waals surface area contributed by atoms with Crippen LogP contribution in [0.3, 0.4) is 0 Å². The molecule has 0 radical (unpaired) electrons. The van der Waals surface area contributed by atoms with Crippen LogP contribution in [0.1, 0.15) is 15.2 Å². The second-order valence-electron chi connectivity index (χ2n) is 6.12. The topological polar surface area (TPSA) is 73.2 Å². The van der Waals surface area contributed by atoms with E-state index in [4.69, 9.17) is 22.1 Å². The molecule has 154 valence electrons. The third-order valence-electron chi connectivity index (χ3n) is 4.03. The second-order valence-corrected chi connectivity index (χ2v) is 7.61. The number of carboxylic acids is 1. The quantitative estimate of drug-likeness (QED) is 0.361. The van der Waals surface area contributed by atoms with E-state index in [9.17, 15) is 18.0 Å². The number of rotatable bonds is 6. The number of hydrogen-bond donors (Lipinski definition) is 3. The van der Waals surface area contributed by atoms with Gasteiger partial charge >= 0.3 is 12.1 Å². The van der Waals surface area contributed by atoms with Crippen molar-refractivity contribution < 1.29 is 23.1 Å². The van der Waals surface area contributed by atoms with Crippen LogP contribution in [-0.4, -0.2) is 23.0 Å². The molecule has 0 saturated heterocycles. The van der Waals surface area contributed by atoms with Crippen molar-refractivity contribution in [2.45, 2.75) is 6.18 Å². The van der Waals surface area contributed by atoms with Gasteiger partial charge in [0, 0.05) is 4.88 Å². The van der Waals surface area contributed by atoms with Crippen LogP contribution >= 0.6 is 22.9 Å². The Morgan fingerprint density at radius 2 is 1.73 bits per heavy atom. The molecule has 1 heterocycles. The van der Waals surface area contributed by atoms with Gasteiger partial charge in [-0.25, -0.2) is 4.79 Å². The summed E-state index contributed by atoms with van der Waals surface area (Å²) in [5.41, 5.74) is -0.169. The van der Waals surface area contributed by atoms with Crippen molar-refractivity contribution in [3.8, 4) is 10.4 Å². The minimum atomic E-state index is -4.79. The van der Waals surface area contributed by atoms with Crippen LogP contribution in [0.25, 0.3) is 16.1 Å². The summed E-state index contributed by atoms with van der Waals surface area (Å²) in [6, 6.07) is 16.1. The van der Waals surface area contributed by atoms with Crippen LogP contribution in [0, 0.1) is 5.41 Å². The van der Waals surface area contributed by atoms with Gasteiger partial charge in [-0.1, -0.05) is 35.9 Å². The molecule has 0 spiro atoms. The van der Waals surface area contributed by atoms with Crippen LogP contribution in [0.15, 0.2) is 66.7 Å². The number of nitrogens with one attached hydrogen (secondary N) is 2. The highest BCUT2D eigenvalue weighted by Crippen LogP contribution is 2.34. The van der Waals surface area contributed by atoms with Crippen LogP contribution in [0.4, 0.5) is 18.9 Å². The van der Waals surface area contributed by atoms with Crippen LogP contribution in [0.5, 0.6) is 0 Å². The molecule has 0 aliphatic rings. The molecule has 3 rings (SSSR count). The molecule has 0 amide bonds. The van der Waals surface area contributed by atoms with Gasteiger partial charge in [-0.3, -0.25) is 5.41 Å². The lowest BCUT2D eigenvalue weighted by Crippen LogP contribution is -2.20. The monoisotopic (exact) mass is 450 g/mol. The number of hydrogen-bond acceptors (Lipinski definition) is 4. The maximum atomic E-state index is 12.9. The molecular formula is C21H14ClF3N2O2S. The fourth-order valence-corrected chi connectivity index (χ4v) is 3.68. The van der Waals surface area contributed by atoms with Gasteiger partial charge in [-0.15, -0.1) is 11.3 Å². The fourth-order valence-electron chi connectivity index (χ4n) is 2.52. The van der Waals surface area contributed by atoms with Gasteiger partial charge in [0.05, 0.1) is 26.8 Å². The summed E-state index contributed by atoms with van der Waals surface area (Å²) < 4.78 is 38.8. The zero-order valence-corrected chi connectivity index (χ0v) is 16.7. The Bertz CT molecular complexity index is 1120. The van der Waals surface area contributed by atoms with Crippen molar-refractivity contribution in [2.24, 2.45) is 0 Å². The highest BCUT2D eigenvalue weighted by Gasteiger charge is 2.33. The van der Waals surface area contributed by atoms with Gasteiger partial charge in [-0.2, -0.15) is 13.2 Å². The van der Waals surface area contributed by atoms with E-state index in [1.807, 2.05) is 0 Å². The molecule has 0 fully saturated rings. The number of aromatic carboxylic acids is 1. The molecule has 3 aromatic rings. The fraction of sp³-hybridized carbons (Fsp3) is 0.0476. The Morgan fingerprint density at radius 3 is 2.33 bits per heavy atom. The predicted molar refractivity (Wildman–Crippen MR) is 114 cm³/mol. The Hall–Kier alpha value is -3.10. The second kappa shape index (κ2) is 8.73. The summed E-state index contributed by atoms with van der Waals surface area (Å²) in [5.74, 6) is -1.05. The van der Waals surface area contributed by atoms with Crippen molar-refractivity contribution in [3.05, 3.63) is 82.2 Å². The molecule has 2 aromatic carbocycles. The van der Waals surface area contributed by atoms with Gasteiger partial charge in [0.1, 0.15) is 5.71 Å². The molecular weight excluding hydrogens is 437 g/mol. The zero-order chi connectivity index (χ0) is 21.9. The van der Waals surface area contributed by atoms with Gasteiger partial charge in [0.25, 0.3) is 0 Å². The number of allylic oxidation sites excluding steroid dienone is 1. The Labute approximate surface area is 178 Å². The number of anilines is 1. The molecule has 9 heteroatoms. The average molecular weight is 451 g/mol. The van der Waals surface area contributed by atoms with Crippen molar-refractivity contribution in [1.82, 2.24) is 0 Å². The summed E-state index contributed by atoms with van der Waals surface area (Å²) in [5, 5.41) is 19.5. The SMILES string of the molecule is N=C(/C=C(\Nc1ccccc1Cl)c1ccc(-c2ccc(C(=O)O)cc2)s1)C(F)(F)F. The van der Waals surface area contributed by atoms with Gasteiger partial charge in [0.2, 0.25) is 0 Å². The number of carbonyl (C=O) groups is 1. The van der Waals surface area contributed by atoms with Crippen molar-refractivity contribution >= 4 is 46.0 Å². The standard InChI is InChI=1S/C21H14ClF3N2O2S/c22-14-3-1-2-4-15(14)27-16(11-19(26)21(23,24)25)18-10-9-17(30-18)12-5-7-13(8-6-12)20(28)29/h1-11,26-27H,(H,28,29)/b16-11-,26-19?. The Kier molecular flexibility index (Phi) is 6.28. The first-order chi connectivity index (χ1) is 14.1. The zero-order valence-electron chi connectivity index (χ0n) is 15.1. The number of carboxylic acid groups (broad SMARTS) is 1. The summed E-state index contributed by atoms with van der Waals surface area (Å²) in [6.07, 6.45) is -4.08. The first-order valence-electron chi connectivity index (χ1n) is 8.48. The van der Waals surface area contributed by atoms with E-state index in [2.05, 4.69) is 5.32 Å². The summed E-state index contributed by atoms with van der Waals surface area (Å²) in [4.78, 5) is 12.2. The smallest absolute Gasteiger partial charge is 0.432 e. The molecule has 1 aromatic heterocycles. The molecule has 3 N–H and O–H groups in total. The molecule has 0 atom stereocenters. The highest BCUT2D eigenvalue weighted by atomic mass is 35.5.